The topological polar surface area (TPSA) is 60.2 Å². The Bertz CT molecular complexity index is 265. The quantitative estimate of drug-likeness (QED) is 0.229. The molecule has 4 nitrogen and oxygen atoms in total. The lowest BCUT2D eigenvalue weighted by Crippen LogP contribution is -2.02. The number of hydrogen-bond acceptors (Lipinski definition) is 3. The molecule has 0 aromatic rings. The molecular weight excluding hydrogens is 182 g/mol. The number of carbonyl (C=O) groups excluding carboxylic acids is 1. The van der Waals surface area contributed by atoms with Crippen molar-refractivity contribution in [1.29, 1.82) is 0 Å². The Balaban J connectivity index is 0. The molecular formula is C10H15NO3. The number of hydrogen-bond donors (Lipinski definition) is 0. The van der Waals surface area contributed by atoms with Crippen LogP contribution in [0.1, 0.15) is 20.8 Å². The van der Waals surface area contributed by atoms with Crippen LogP contribution in [0.15, 0.2) is 36.1 Å². The number of allylic oxidation sites excluding steroid dienone is 4. The van der Waals surface area contributed by atoms with Crippen LogP contribution in [0.4, 0.5) is 0 Å². The lowest BCUT2D eigenvalue weighted by atomic mass is 10.2. The zero-order valence-corrected chi connectivity index (χ0v) is 8.69. The highest BCUT2D eigenvalue weighted by Gasteiger charge is 2.13. The molecule has 0 unspecified atom stereocenters. The van der Waals surface area contributed by atoms with Crippen LogP contribution in [0.3, 0.4) is 0 Å². The summed E-state index contributed by atoms with van der Waals surface area (Å²) in [6.45, 7) is 8.87. The summed E-state index contributed by atoms with van der Waals surface area (Å²) in [7, 11) is 0. The molecule has 4 heteroatoms. The first-order valence-electron chi connectivity index (χ1n) is 4.26. The van der Waals surface area contributed by atoms with Crippen molar-refractivity contribution in [3.05, 3.63) is 46.2 Å². The molecule has 14 heavy (non-hydrogen) atoms. The van der Waals surface area contributed by atoms with Gasteiger partial charge in [-0.1, -0.05) is 32.6 Å². The molecule has 0 heterocycles. The summed E-state index contributed by atoms with van der Waals surface area (Å²) in [6.07, 6.45) is 4.28. The molecule has 0 aliphatic rings. The molecule has 0 aromatic carbocycles. The molecule has 0 aliphatic carbocycles. The maximum Gasteiger partial charge on any atom is 0.279 e. The molecule has 0 saturated carbocycles. The maximum atomic E-state index is 10.3. The third-order valence-electron chi connectivity index (χ3n) is 1.21. The van der Waals surface area contributed by atoms with Crippen LogP contribution in [0.5, 0.6) is 0 Å². The lowest BCUT2D eigenvalue weighted by Gasteiger charge is -1.93. The van der Waals surface area contributed by atoms with Crippen molar-refractivity contribution < 1.29 is 9.72 Å². The van der Waals surface area contributed by atoms with Gasteiger partial charge in [-0.05, 0) is 6.92 Å². The monoisotopic (exact) mass is 197 g/mol. The van der Waals surface area contributed by atoms with Crippen molar-refractivity contribution in [2.24, 2.45) is 0 Å². The van der Waals surface area contributed by atoms with Crippen molar-refractivity contribution in [2.75, 3.05) is 0 Å². The van der Waals surface area contributed by atoms with Crippen LogP contribution in [-0.4, -0.2) is 11.2 Å². The van der Waals surface area contributed by atoms with Gasteiger partial charge in [0.15, 0.2) is 6.29 Å². The van der Waals surface area contributed by atoms with Crippen molar-refractivity contribution in [3.8, 4) is 0 Å². The van der Waals surface area contributed by atoms with Gasteiger partial charge in [-0.2, -0.15) is 0 Å². The minimum absolute atomic E-state index is 0.0555. The van der Waals surface area contributed by atoms with Crippen molar-refractivity contribution in [1.82, 2.24) is 0 Å². The summed E-state index contributed by atoms with van der Waals surface area (Å²) in [5.41, 5.74) is -0.178. The molecule has 0 fully saturated rings. The third kappa shape index (κ3) is 5.03. The Labute approximate surface area is 83.8 Å². The molecule has 78 valence electrons. The van der Waals surface area contributed by atoms with E-state index in [1.54, 1.807) is 6.92 Å². The molecule has 0 radical (unpaired) electrons. The molecule has 0 amide bonds. The van der Waals surface area contributed by atoms with E-state index in [4.69, 9.17) is 0 Å². The largest absolute Gasteiger partial charge is 0.298 e. The van der Waals surface area contributed by atoms with Crippen molar-refractivity contribution in [3.63, 3.8) is 0 Å². The summed E-state index contributed by atoms with van der Waals surface area (Å²) in [4.78, 5) is 20.0. The van der Waals surface area contributed by atoms with E-state index < -0.39 is 4.92 Å². The van der Waals surface area contributed by atoms with Gasteiger partial charge in [-0.3, -0.25) is 14.9 Å². The zero-order valence-electron chi connectivity index (χ0n) is 8.69. The lowest BCUT2D eigenvalue weighted by molar-refractivity contribution is -0.420. The van der Waals surface area contributed by atoms with Gasteiger partial charge < -0.3 is 0 Å². The van der Waals surface area contributed by atoms with Crippen LogP contribution < -0.4 is 0 Å². The second-order valence-corrected chi connectivity index (χ2v) is 1.91. The summed E-state index contributed by atoms with van der Waals surface area (Å²) < 4.78 is 0. The van der Waals surface area contributed by atoms with Gasteiger partial charge in [0.1, 0.15) is 0 Å². The van der Waals surface area contributed by atoms with E-state index >= 15 is 0 Å². The van der Waals surface area contributed by atoms with E-state index in [1.165, 1.54) is 18.2 Å². The summed E-state index contributed by atoms with van der Waals surface area (Å²) >= 11 is 0. The zero-order chi connectivity index (χ0) is 11.6. The predicted octanol–water partition coefficient (Wildman–Crippen LogP) is 2.50. The Morgan fingerprint density at radius 2 is 1.93 bits per heavy atom. The van der Waals surface area contributed by atoms with Gasteiger partial charge in [0, 0.05) is 6.08 Å². The molecule has 0 N–H and O–H groups in total. The fourth-order valence-electron chi connectivity index (χ4n) is 0.650. The van der Waals surface area contributed by atoms with E-state index in [1.807, 2.05) is 13.8 Å². The Kier molecular flexibility index (Phi) is 9.91. The molecule has 0 rings (SSSR count). The molecule has 0 aliphatic heterocycles. The summed E-state index contributed by atoms with van der Waals surface area (Å²) in [5.74, 6) is 0. The van der Waals surface area contributed by atoms with Gasteiger partial charge in [-0.15, -0.1) is 0 Å². The Hall–Kier alpha value is -1.71. The highest BCUT2D eigenvalue weighted by molar-refractivity contribution is 5.78. The molecule has 0 aromatic heterocycles. The third-order valence-corrected chi connectivity index (χ3v) is 1.21. The van der Waals surface area contributed by atoms with Gasteiger partial charge in [0.25, 0.3) is 5.70 Å². The minimum Gasteiger partial charge on any atom is -0.298 e. The summed E-state index contributed by atoms with van der Waals surface area (Å²) in [6, 6.07) is 0. The van der Waals surface area contributed by atoms with Crippen molar-refractivity contribution in [2.45, 2.75) is 20.8 Å². The standard InChI is InChI=1S/C8H9NO3.C2H6/c1-3-5-8(9(11)12)7(4-2)6-10;1-2/h3-6H,1H2,2H3;1-2H3/b7-4-,8-5+;. The average molecular weight is 197 g/mol. The first kappa shape index (κ1) is 14.8. The Morgan fingerprint density at radius 3 is 2.14 bits per heavy atom. The number of carbonyl (C=O) groups is 1. The van der Waals surface area contributed by atoms with E-state index in [-0.39, 0.29) is 11.3 Å². The fraction of sp³-hybridized carbons (Fsp3) is 0.300. The molecule has 0 atom stereocenters. The van der Waals surface area contributed by atoms with Crippen LogP contribution in [-0.2, 0) is 4.79 Å². The van der Waals surface area contributed by atoms with Gasteiger partial charge in [0.2, 0.25) is 0 Å². The molecule has 0 spiro atoms. The van der Waals surface area contributed by atoms with Gasteiger partial charge >= 0.3 is 0 Å². The van der Waals surface area contributed by atoms with Crippen LogP contribution in [0, 0.1) is 10.1 Å². The highest BCUT2D eigenvalue weighted by atomic mass is 16.6. The van der Waals surface area contributed by atoms with Crippen LogP contribution >= 0.6 is 0 Å². The predicted molar refractivity (Wildman–Crippen MR) is 56.4 cm³/mol. The number of nitrogens with zero attached hydrogens (tertiary/aromatic N) is 1. The molecule has 0 saturated heterocycles. The molecule has 0 bridgehead atoms. The van der Waals surface area contributed by atoms with E-state index in [0.717, 1.165) is 0 Å². The maximum absolute atomic E-state index is 10.3. The van der Waals surface area contributed by atoms with Crippen LogP contribution in [0.2, 0.25) is 0 Å². The first-order valence-corrected chi connectivity index (χ1v) is 4.26. The highest BCUT2D eigenvalue weighted by Crippen LogP contribution is 2.07. The first-order chi connectivity index (χ1) is 6.67. The van der Waals surface area contributed by atoms with E-state index in [2.05, 4.69) is 6.58 Å². The SMILES string of the molecule is C=C/C=C(\C(C=O)=C/C)[N+](=O)[O-].CC. The van der Waals surface area contributed by atoms with E-state index in [9.17, 15) is 14.9 Å². The number of nitro groups is 1. The summed E-state index contributed by atoms with van der Waals surface area (Å²) in [5, 5.41) is 10.3. The van der Waals surface area contributed by atoms with Gasteiger partial charge in [0.05, 0.1) is 10.5 Å². The van der Waals surface area contributed by atoms with E-state index in [0.29, 0.717) is 6.29 Å². The van der Waals surface area contributed by atoms with Gasteiger partial charge in [-0.25, -0.2) is 0 Å². The second-order valence-electron chi connectivity index (χ2n) is 1.91. The average Bonchev–Trinajstić information content (AvgIpc) is 2.21. The smallest absolute Gasteiger partial charge is 0.279 e. The second kappa shape index (κ2) is 9.38. The fourth-order valence-corrected chi connectivity index (χ4v) is 0.650. The Morgan fingerprint density at radius 1 is 1.43 bits per heavy atom. The van der Waals surface area contributed by atoms with Crippen molar-refractivity contribution >= 4 is 6.29 Å². The minimum atomic E-state index is -0.620. The van der Waals surface area contributed by atoms with Crippen LogP contribution in [0.25, 0.3) is 0 Å². The number of aldehydes is 1. The number of rotatable bonds is 4. The normalized spacial score (nSPS) is 11.1.